The number of hydrogen-bond donors (Lipinski definition) is 1. The fourth-order valence-electron chi connectivity index (χ4n) is 2.99. The summed E-state index contributed by atoms with van der Waals surface area (Å²) in [6.45, 7) is 5.34. The van der Waals surface area contributed by atoms with Crippen molar-refractivity contribution in [1.82, 2.24) is 4.90 Å². The molecule has 118 valence electrons. The molecule has 21 heavy (non-hydrogen) atoms. The van der Waals surface area contributed by atoms with E-state index in [2.05, 4.69) is 11.8 Å². The Bertz CT molecular complexity index is 451. The quantitative estimate of drug-likeness (QED) is 0.867. The first kappa shape index (κ1) is 16.1. The Morgan fingerprint density at radius 2 is 2.14 bits per heavy atom. The summed E-state index contributed by atoms with van der Waals surface area (Å²) < 4.78 is 16.8. The van der Waals surface area contributed by atoms with Crippen molar-refractivity contribution in [2.45, 2.75) is 25.5 Å². The van der Waals surface area contributed by atoms with E-state index in [9.17, 15) is 0 Å². The number of nitrogens with zero attached hydrogens (tertiary/aromatic N) is 1. The molecule has 5 nitrogen and oxygen atoms in total. The van der Waals surface area contributed by atoms with Gasteiger partial charge in [0.2, 0.25) is 0 Å². The molecule has 1 fully saturated rings. The molecule has 0 spiro atoms. The number of ether oxygens (including phenoxy) is 3. The van der Waals surface area contributed by atoms with Gasteiger partial charge in [-0.05, 0) is 31.2 Å². The molecule has 0 amide bonds. The van der Waals surface area contributed by atoms with Crippen molar-refractivity contribution >= 4 is 0 Å². The van der Waals surface area contributed by atoms with E-state index in [1.807, 2.05) is 18.2 Å². The van der Waals surface area contributed by atoms with Gasteiger partial charge in [0.1, 0.15) is 11.5 Å². The van der Waals surface area contributed by atoms with Crippen molar-refractivity contribution in [2.24, 2.45) is 5.73 Å². The van der Waals surface area contributed by atoms with Crippen LogP contribution < -0.4 is 15.2 Å². The molecule has 2 atom stereocenters. The zero-order valence-electron chi connectivity index (χ0n) is 13.2. The summed E-state index contributed by atoms with van der Waals surface area (Å²) in [6.07, 6.45) is 1.08. The lowest BCUT2D eigenvalue weighted by Gasteiger charge is -2.41. The predicted molar refractivity (Wildman–Crippen MR) is 82.9 cm³/mol. The SMILES string of the molecule is CCCN1CCOC(CN)C1c1cc(OC)ccc1OC. The highest BCUT2D eigenvalue weighted by Crippen LogP contribution is 2.37. The second-order valence-electron chi connectivity index (χ2n) is 5.23. The van der Waals surface area contributed by atoms with Gasteiger partial charge in [0, 0.05) is 18.7 Å². The van der Waals surface area contributed by atoms with Crippen LogP contribution in [0.2, 0.25) is 0 Å². The Labute approximate surface area is 127 Å². The number of methoxy groups -OCH3 is 2. The van der Waals surface area contributed by atoms with E-state index < -0.39 is 0 Å². The number of benzene rings is 1. The maximum atomic E-state index is 5.93. The topological polar surface area (TPSA) is 57.0 Å². The van der Waals surface area contributed by atoms with Crippen LogP contribution in [0.5, 0.6) is 11.5 Å². The van der Waals surface area contributed by atoms with Gasteiger partial charge in [-0.15, -0.1) is 0 Å². The molecule has 1 heterocycles. The molecule has 0 aromatic heterocycles. The third-order valence-electron chi connectivity index (χ3n) is 3.95. The molecule has 0 radical (unpaired) electrons. The lowest BCUT2D eigenvalue weighted by atomic mass is 9.96. The predicted octanol–water partition coefficient (Wildman–Crippen LogP) is 1.81. The third kappa shape index (κ3) is 3.48. The number of hydrogen-bond acceptors (Lipinski definition) is 5. The van der Waals surface area contributed by atoms with Gasteiger partial charge in [-0.3, -0.25) is 4.90 Å². The summed E-state index contributed by atoms with van der Waals surface area (Å²) in [5, 5.41) is 0. The summed E-state index contributed by atoms with van der Waals surface area (Å²) >= 11 is 0. The molecule has 1 saturated heterocycles. The van der Waals surface area contributed by atoms with Gasteiger partial charge in [-0.2, -0.15) is 0 Å². The van der Waals surface area contributed by atoms with Crippen LogP contribution in [0.25, 0.3) is 0 Å². The van der Waals surface area contributed by atoms with Gasteiger partial charge in [0.25, 0.3) is 0 Å². The lowest BCUT2D eigenvalue weighted by molar-refractivity contribution is -0.0682. The van der Waals surface area contributed by atoms with Crippen LogP contribution in [0.1, 0.15) is 24.9 Å². The second kappa shape index (κ2) is 7.64. The van der Waals surface area contributed by atoms with E-state index in [0.29, 0.717) is 6.54 Å². The molecule has 0 aliphatic carbocycles. The molecule has 1 aliphatic heterocycles. The van der Waals surface area contributed by atoms with Crippen molar-refractivity contribution in [1.29, 1.82) is 0 Å². The van der Waals surface area contributed by atoms with Gasteiger partial charge in [-0.25, -0.2) is 0 Å². The highest BCUT2D eigenvalue weighted by molar-refractivity contribution is 5.43. The van der Waals surface area contributed by atoms with Gasteiger partial charge < -0.3 is 19.9 Å². The van der Waals surface area contributed by atoms with Crippen molar-refractivity contribution in [3.63, 3.8) is 0 Å². The average Bonchev–Trinajstić information content (AvgIpc) is 2.54. The fourth-order valence-corrected chi connectivity index (χ4v) is 2.99. The molecule has 2 unspecified atom stereocenters. The van der Waals surface area contributed by atoms with Crippen LogP contribution in [0.15, 0.2) is 18.2 Å². The largest absolute Gasteiger partial charge is 0.497 e. The molecular formula is C16H26N2O3. The van der Waals surface area contributed by atoms with Crippen LogP contribution in [0.3, 0.4) is 0 Å². The van der Waals surface area contributed by atoms with E-state index in [1.165, 1.54) is 0 Å². The molecule has 1 aromatic rings. The van der Waals surface area contributed by atoms with E-state index in [-0.39, 0.29) is 12.1 Å². The van der Waals surface area contributed by atoms with Gasteiger partial charge in [0.05, 0.1) is 33.0 Å². The highest BCUT2D eigenvalue weighted by atomic mass is 16.5. The molecule has 2 N–H and O–H groups in total. The molecule has 0 bridgehead atoms. The van der Waals surface area contributed by atoms with Gasteiger partial charge >= 0.3 is 0 Å². The van der Waals surface area contributed by atoms with Crippen LogP contribution >= 0.6 is 0 Å². The molecule has 1 aliphatic rings. The van der Waals surface area contributed by atoms with E-state index in [0.717, 1.165) is 43.2 Å². The molecule has 5 heteroatoms. The van der Waals surface area contributed by atoms with Crippen molar-refractivity contribution < 1.29 is 14.2 Å². The first-order valence-corrected chi connectivity index (χ1v) is 7.52. The van der Waals surface area contributed by atoms with E-state index in [1.54, 1.807) is 14.2 Å². The normalized spacial score (nSPS) is 23.0. The van der Waals surface area contributed by atoms with Crippen molar-refractivity contribution in [3.8, 4) is 11.5 Å². The Balaban J connectivity index is 2.41. The smallest absolute Gasteiger partial charge is 0.124 e. The Kier molecular flexibility index (Phi) is 5.85. The maximum absolute atomic E-state index is 5.93. The monoisotopic (exact) mass is 294 g/mol. The van der Waals surface area contributed by atoms with Crippen LogP contribution in [-0.2, 0) is 4.74 Å². The minimum Gasteiger partial charge on any atom is -0.497 e. The minimum atomic E-state index is -0.0219. The number of rotatable bonds is 6. The molecular weight excluding hydrogens is 268 g/mol. The van der Waals surface area contributed by atoms with Crippen molar-refractivity contribution in [3.05, 3.63) is 23.8 Å². The zero-order chi connectivity index (χ0) is 15.2. The summed E-state index contributed by atoms with van der Waals surface area (Å²) in [6, 6.07) is 5.99. The Morgan fingerprint density at radius 1 is 1.33 bits per heavy atom. The fraction of sp³-hybridized carbons (Fsp3) is 0.625. The number of morpholine rings is 1. The maximum Gasteiger partial charge on any atom is 0.124 e. The molecule has 2 rings (SSSR count). The van der Waals surface area contributed by atoms with E-state index >= 15 is 0 Å². The first-order chi connectivity index (χ1) is 10.2. The van der Waals surface area contributed by atoms with Crippen molar-refractivity contribution in [2.75, 3.05) is 40.5 Å². The first-order valence-electron chi connectivity index (χ1n) is 7.52. The number of nitrogens with two attached hydrogens (primary N) is 1. The minimum absolute atomic E-state index is 0.0219. The van der Waals surface area contributed by atoms with Gasteiger partial charge in [0.15, 0.2) is 0 Å². The molecule has 0 saturated carbocycles. The molecule has 1 aromatic carbocycles. The Hall–Kier alpha value is -1.30. The van der Waals surface area contributed by atoms with E-state index in [4.69, 9.17) is 19.9 Å². The van der Waals surface area contributed by atoms with Crippen LogP contribution in [-0.4, -0.2) is 51.5 Å². The summed E-state index contributed by atoms with van der Waals surface area (Å²) in [5.41, 5.74) is 7.01. The summed E-state index contributed by atoms with van der Waals surface area (Å²) in [4.78, 5) is 2.43. The third-order valence-corrected chi connectivity index (χ3v) is 3.95. The van der Waals surface area contributed by atoms with Crippen LogP contribution in [0.4, 0.5) is 0 Å². The highest BCUT2D eigenvalue weighted by Gasteiger charge is 2.34. The second-order valence-corrected chi connectivity index (χ2v) is 5.23. The van der Waals surface area contributed by atoms with Gasteiger partial charge in [-0.1, -0.05) is 6.92 Å². The average molecular weight is 294 g/mol. The summed E-state index contributed by atoms with van der Waals surface area (Å²) in [5.74, 6) is 1.68. The standard InChI is InChI=1S/C16H26N2O3/c1-4-7-18-8-9-21-15(11-17)16(18)13-10-12(19-2)5-6-14(13)20-3/h5-6,10,15-16H,4,7-9,11,17H2,1-3H3. The Morgan fingerprint density at radius 3 is 2.76 bits per heavy atom. The van der Waals surface area contributed by atoms with Crippen LogP contribution in [0, 0.1) is 0 Å². The lowest BCUT2D eigenvalue weighted by Crippen LogP contribution is -2.48. The zero-order valence-corrected chi connectivity index (χ0v) is 13.2. The summed E-state index contributed by atoms with van der Waals surface area (Å²) in [7, 11) is 3.36.